The Balaban J connectivity index is 1.32. The van der Waals surface area contributed by atoms with Gasteiger partial charge in [-0.2, -0.15) is 47.0 Å². The van der Waals surface area contributed by atoms with Gasteiger partial charge in [-0.05, 0) is 12.1 Å². The fraction of sp³-hybridized carbons (Fsp3) is 0.500. The number of hydrogen-bond donors (Lipinski definition) is 0. The summed E-state index contributed by atoms with van der Waals surface area (Å²) >= 11 is 10.3. The average molecular weight is 653 g/mol. The van der Waals surface area contributed by atoms with Crippen LogP contribution in [-0.4, -0.2) is 84.7 Å². The number of rotatable bonds is 10. The average Bonchev–Trinajstić information content (AvgIpc) is 3.37. The predicted octanol–water partition coefficient (Wildman–Crippen LogP) is 7.10. The van der Waals surface area contributed by atoms with Crippen molar-refractivity contribution in [3.05, 3.63) is 57.8 Å². The molecule has 12 heteroatoms. The maximum Gasteiger partial charge on any atom is 0.282 e. The molecule has 0 aliphatic carbocycles. The second-order valence-corrected chi connectivity index (χ2v) is 15.4. The summed E-state index contributed by atoms with van der Waals surface area (Å²) in [5.41, 5.74) is 2.65. The summed E-state index contributed by atoms with van der Waals surface area (Å²) in [6, 6.07) is 5.81. The summed E-state index contributed by atoms with van der Waals surface area (Å²) in [6.07, 6.45) is 0.400. The minimum Gasteiger partial charge on any atom is -0.490 e. The van der Waals surface area contributed by atoms with Gasteiger partial charge in [0.05, 0.1) is 52.1 Å². The normalized spacial score (nSPS) is 19.0. The molecule has 0 unspecified atom stereocenters. The molecule has 0 radical (unpaired) electrons. The first-order valence-corrected chi connectivity index (χ1v) is 19.0. The molecular weight excluding hydrogens is 621 g/mol. The van der Waals surface area contributed by atoms with Gasteiger partial charge in [-0.1, -0.05) is 47.8 Å². The molecule has 214 valence electrons. The third kappa shape index (κ3) is 9.81. The van der Waals surface area contributed by atoms with Gasteiger partial charge >= 0.3 is 0 Å². The van der Waals surface area contributed by atoms with Gasteiger partial charge in [-0.3, -0.25) is 0 Å². The molecule has 2 saturated heterocycles. The highest BCUT2D eigenvalue weighted by Gasteiger charge is 2.28. The van der Waals surface area contributed by atoms with E-state index in [0.717, 1.165) is 55.8 Å². The maximum absolute atomic E-state index is 9.44. The zero-order valence-electron chi connectivity index (χ0n) is 22.2. The highest BCUT2D eigenvalue weighted by molar-refractivity contribution is 8.24. The lowest BCUT2D eigenvalue weighted by atomic mass is 10.3. The third-order valence-corrected chi connectivity index (χ3v) is 13.2. The molecule has 1 aromatic rings. The van der Waals surface area contributed by atoms with Crippen molar-refractivity contribution in [3.63, 3.8) is 0 Å². The Labute approximate surface area is 263 Å². The molecule has 0 saturated carbocycles. The number of nitriles is 1. The minimum absolute atomic E-state index is 0.0821. The molecule has 0 spiro atoms. The smallest absolute Gasteiger partial charge is 0.282 e. The van der Waals surface area contributed by atoms with E-state index < -0.39 is 0 Å². The Morgan fingerprint density at radius 3 is 1.60 bits per heavy atom. The van der Waals surface area contributed by atoms with Crippen LogP contribution in [0.2, 0.25) is 0 Å². The lowest BCUT2D eigenvalue weighted by Crippen LogP contribution is -2.24. The molecule has 1 aromatic carbocycles. The van der Waals surface area contributed by atoms with Gasteiger partial charge in [0.25, 0.3) is 5.70 Å². The van der Waals surface area contributed by atoms with Crippen LogP contribution in [0.1, 0.15) is 0 Å². The number of fused-ring (bicyclic) bond motifs is 1. The summed E-state index contributed by atoms with van der Waals surface area (Å²) in [7, 11) is 0. The molecule has 40 heavy (non-hydrogen) atoms. The highest BCUT2D eigenvalue weighted by Crippen LogP contribution is 2.59. The van der Waals surface area contributed by atoms with Crippen molar-refractivity contribution in [2.75, 3.05) is 72.5 Å². The van der Waals surface area contributed by atoms with Crippen LogP contribution in [0, 0.1) is 17.9 Å². The Hall–Kier alpha value is -0.960. The van der Waals surface area contributed by atoms with Crippen molar-refractivity contribution in [1.29, 1.82) is 5.26 Å². The van der Waals surface area contributed by atoms with Crippen LogP contribution in [0.15, 0.2) is 56.2 Å². The van der Waals surface area contributed by atoms with Gasteiger partial charge < -0.3 is 18.9 Å². The van der Waals surface area contributed by atoms with E-state index in [1.54, 1.807) is 0 Å². The van der Waals surface area contributed by atoms with Crippen molar-refractivity contribution < 1.29 is 18.9 Å². The Morgan fingerprint density at radius 1 is 0.800 bits per heavy atom. The van der Waals surface area contributed by atoms with Gasteiger partial charge in [0.15, 0.2) is 0 Å². The lowest BCUT2D eigenvalue weighted by Gasteiger charge is -2.21. The molecule has 3 heterocycles. The van der Waals surface area contributed by atoms with Crippen LogP contribution < -0.4 is 9.47 Å². The van der Waals surface area contributed by atoms with Crippen LogP contribution in [0.3, 0.4) is 0 Å². The number of benzene rings is 1. The van der Waals surface area contributed by atoms with Gasteiger partial charge in [0, 0.05) is 46.0 Å². The van der Waals surface area contributed by atoms with E-state index in [0.29, 0.717) is 42.2 Å². The molecule has 3 aliphatic heterocycles. The summed E-state index contributed by atoms with van der Waals surface area (Å²) in [5.74, 6) is 9.21. The molecule has 0 amide bonds. The number of nitrogens with zero attached hydrogens (tertiary/aromatic N) is 2. The molecule has 0 atom stereocenters. The fourth-order valence-electron chi connectivity index (χ4n) is 3.81. The van der Waals surface area contributed by atoms with Gasteiger partial charge in [0.1, 0.15) is 24.7 Å². The summed E-state index contributed by atoms with van der Waals surface area (Å²) in [4.78, 5) is 5.16. The Kier molecular flexibility index (Phi) is 13.8. The van der Waals surface area contributed by atoms with Gasteiger partial charge in [-0.15, -0.1) is 0 Å². The number of allylic oxidation sites excluding steroid dienone is 1. The summed E-state index contributed by atoms with van der Waals surface area (Å²) < 4.78 is 25.1. The van der Waals surface area contributed by atoms with E-state index in [1.807, 2.05) is 65.2 Å². The van der Waals surface area contributed by atoms with E-state index in [1.165, 1.54) is 34.7 Å². The second-order valence-electron chi connectivity index (χ2n) is 9.03. The van der Waals surface area contributed by atoms with Gasteiger partial charge in [-0.25, -0.2) is 10.1 Å². The zero-order valence-corrected chi connectivity index (χ0v) is 27.1. The van der Waals surface area contributed by atoms with E-state index >= 15 is 0 Å². The van der Waals surface area contributed by atoms with Crippen LogP contribution >= 0.6 is 70.6 Å². The quantitative estimate of drug-likeness (QED) is 0.113. The van der Waals surface area contributed by atoms with E-state index in [4.69, 9.17) is 25.5 Å². The van der Waals surface area contributed by atoms with Crippen molar-refractivity contribution in [2.45, 2.75) is 22.0 Å². The monoisotopic (exact) mass is 652 g/mol. The SMILES string of the molecule is [C-]#[N+]C(C#N)=C1Sc2c(OCCOC3CSCC(=C)CSC3)ccc(OCCOC3CSCC(=C)CSC3)c2S1. The molecule has 6 nitrogen and oxygen atoms in total. The van der Waals surface area contributed by atoms with Crippen molar-refractivity contribution in [3.8, 4) is 17.6 Å². The molecule has 0 aromatic heterocycles. The highest BCUT2D eigenvalue weighted by atomic mass is 32.2. The Morgan fingerprint density at radius 2 is 1.23 bits per heavy atom. The molecular formula is C28H32N2O4S6. The first kappa shape index (κ1) is 32.0. The number of ether oxygens (including phenoxy) is 4. The lowest BCUT2D eigenvalue weighted by molar-refractivity contribution is 0.0583. The maximum atomic E-state index is 9.44. The first-order valence-electron chi connectivity index (χ1n) is 12.7. The van der Waals surface area contributed by atoms with Crippen molar-refractivity contribution >= 4 is 70.6 Å². The number of thioether (sulfide) groups is 6. The van der Waals surface area contributed by atoms with Crippen molar-refractivity contribution in [2.24, 2.45) is 0 Å². The molecule has 3 aliphatic rings. The Bertz CT molecular complexity index is 1070. The van der Waals surface area contributed by atoms with Crippen LogP contribution in [-0.2, 0) is 9.47 Å². The standard InChI is InChI=1S/C28H32N2O4S6/c1-19-11-35-15-21(16-36-12-19)31-6-8-33-24-4-5-25(27-26(24)39-28(40-27)23(10-29)30-3)34-9-7-32-22-17-37-13-20(2)14-38-18-22/h4-5,21-22H,1-2,6-9,11-18H2. The zero-order chi connectivity index (χ0) is 28.2. The van der Waals surface area contributed by atoms with Gasteiger partial charge in [0.2, 0.25) is 0 Å². The molecule has 0 bridgehead atoms. The fourth-order valence-corrected chi connectivity index (χ4v) is 10.8. The predicted molar refractivity (Wildman–Crippen MR) is 175 cm³/mol. The summed E-state index contributed by atoms with van der Waals surface area (Å²) in [5, 5.41) is 9.44. The first-order chi connectivity index (χ1) is 19.6. The molecule has 0 N–H and O–H groups in total. The molecule has 4 rings (SSSR count). The number of hydrogen-bond acceptors (Lipinski definition) is 11. The van der Waals surface area contributed by atoms with E-state index in [9.17, 15) is 5.26 Å². The third-order valence-electron chi connectivity index (χ3n) is 5.67. The van der Waals surface area contributed by atoms with E-state index in [2.05, 4.69) is 18.0 Å². The van der Waals surface area contributed by atoms with E-state index in [-0.39, 0.29) is 17.9 Å². The van der Waals surface area contributed by atoms with Crippen molar-refractivity contribution in [1.82, 2.24) is 0 Å². The summed E-state index contributed by atoms with van der Waals surface area (Å²) in [6.45, 7) is 17.4. The van der Waals surface area contributed by atoms with Crippen LogP contribution in [0.4, 0.5) is 0 Å². The minimum atomic E-state index is 0.0821. The second kappa shape index (κ2) is 17.2. The topological polar surface area (TPSA) is 65.1 Å². The van der Waals surface area contributed by atoms with Crippen LogP contribution in [0.25, 0.3) is 4.85 Å². The largest absolute Gasteiger partial charge is 0.490 e. The van der Waals surface area contributed by atoms with Crippen LogP contribution in [0.5, 0.6) is 11.5 Å². The molecule has 2 fully saturated rings.